The number of hydrogen-bond donors (Lipinski definition) is 2. The van der Waals surface area contributed by atoms with E-state index >= 15 is 8.78 Å². The van der Waals surface area contributed by atoms with Crippen LogP contribution in [0, 0.1) is 32.8 Å². The van der Waals surface area contributed by atoms with E-state index in [1.165, 1.54) is 50.3 Å². The summed E-state index contributed by atoms with van der Waals surface area (Å²) in [5, 5.41) is 23.6. The fourth-order valence-electron chi connectivity index (χ4n) is 10.1. The van der Waals surface area contributed by atoms with E-state index in [0.717, 1.165) is 6.08 Å². The molecule has 316 valence electrons. The minimum absolute atomic E-state index is 0.0159. The summed E-state index contributed by atoms with van der Waals surface area (Å²) in [6, 6.07) is 4.83. The smallest absolute Gasteiger partial charge is 0.464 e. The van der Waals surface area contributed by atoms with Crippen molar-refractivity contribution in [2.45, 2.75) is 115 Å². The molecule has 18 heteroatoms. The Labute approximate surface area is 332 Å². The number of fused-ring (bicyclic) bond motifs is 7. The highest BCUT2D eigenvalue weighted by molar-refractivity contribution is 6.01. The molecule has 16 nitrogen and oxygen atoms in total. The SMILES string of the molecule is CC(=O)N[C@@H](Cc1ccc(OC(=O)OCC(=O)[C@]23OC(C)(C)O[C@H]2C[C@H]2[C@@H]4C[C@H](F)C5=CC(=O)C=C[C@]5(C)[C@@]4(F)[C@@H](O)C[C@@]23C)cc1)C(=O)OCCCCO[N+](=O)[O-]. The number of aliphatic hydroxyl groups excluding tert-OH is 1. The first-order valence-corrected chi connectivity index (χ1v) is 19.2. The molecule has 10 atom stereocenters. The van der Waals surface area contributed by atoms with Gasteiger partial charge in [0.2, 0.25) is 11.7 Å². The predicted octanol–water partition coefficient (Wildman–Crippen LogP) is 4.17. The first-order valence-electron chi connectivity index (χ1n) is 19.2. The third kappa shape index (κ3) is 7.49. The van der Waals surface area contributed by atoms with E-state index < -0.39 is 105 Å². The normalized spacial score (nSPS) is 34.6. The molecule has 0 spiro atoms. The fraction of sp³-hybridized carbons (Fsp3) is 0.625. The van der Waals surface area contributed by atoms with Crippen molar-refractivity contribution in [2.24, 2.45) is 22.7 Å². The van der Waals surface area contributed by atoms with Crippen molar-refractivity contribution in [3.8, 4) is 5.75 Å². The standard InChI is InChI=1S/C40H48F2N2O14/c1-22(45)43-30(34(49)53-14-6-7-15-55-44(51)52)16-23-8-10-25(11-9-23)56-35(50)54-21-32(48)40-33(57-36(2,3)58-40)19-26-27-18-29(41)28-17-24(46)12-13-37(28,4)39(27,42)31(47)20-38(26,40)5/h8-13,17,26-27,29-31,33,47H,6-7,14-16,18-21H2,1-5H3,(H,43,45)/t26-,27-,29-,30-,31-,33-,37-,38-,39-,40-/m0/s1. The number of amides is 1. The summed E-state index contributed by atoms with van der Waals surface area (Å²) in [4.78, 5) is 78.4. The van der Waals surface area contributed by atoms with Crippen molar-refractivity contribution in [1.82, 2.24) is 5.32 Å². The van der Waals surface area contributed by atoms with Crippen LogP contribution in [0.5, 0.6) is 5.75 Å². The van der Waals surface area contributed by atoms with Crippen molar-refractivity contribution in [2.75, 3.05) is 19.8 Å². The van der Waals surface area contributed by atoms with Crippen LogP contribution in [0.2, 0.25) is 0 Å². The second-order valence-corrected chi connectivity index (χ2v) is 16.5. The van der Waals surface area contributed by atoms with Gasteiger partial charge in [-0.1, -0.05) is 25.1 Å². The molecule has 3 saturated carbocycles. The van der Waals surface area contributed by atoms with Crippen molar-refractivity contribution >= 4 is 29.6 Å². The number of carbonyl (C=O) groups excluding carboxylic acids is 5. The Morgan fingerprint density at radius 3 is 2.41 bits per heavy atom. The summed E-state index contributed by atoms with van der Waals surface area (Å²) < 4.78 is 62.1. The zero-order chi connectivity index (χ0) is 42.4. The maximum atomic E-state index is 17.7. The lowest BCUT2D eigenvalue weighted by Crippen LogP contribution is -2.71. The van der Waals surface area contributed by atoms with Gasteiger partial charge in [0.25, 0.3) is 5.09 Å². The van der Waals surface area contributed by atoms with Gasteiger partial charge in [0.1, 0.15) is 18.0 Å². The summed E-state index contributed by atoms with van der Waals surface area (Å²) in [5.74, 6) is -5.45. The molecular formula is C40H48F2N2O14. The topological polar surface area (TPSA) is 216 Å². The van der Waals surface area contributed by atoms with Crippen molar-refractivity contribution in [1.29, 1.82) is 0 Å². The Hall–Kier alpha value is -4.81. The lowest BCUT2D eigenvalue weighted by atomic mass is 9.44. The summed E-state index contributed by atoms with van der Waals surface area (Å²) in [7, 11) is 0. The van der Waals surface area contributed by atoms with Crippen LogP contribution in [0.3, 0.4) is 0 Å². The summed E-state index contributed by atoms with van der Waals surface area (Å²) in [6.07, 6.45) is -1.86. The van der Waals surface area contributed by atoms with Gasteiger partial charge in [-0.3, -0.25) is 14.4 Å². The number of ketones is 2. The highest BCUT2D eigenvalue weighted by Crippen LogP contribution is 2.72. The largest absolute Gasteiger partial charge is 0.514 e. The molecule has 0 unspecified atom stereocenters. The Kier molecular flexibility index (Phi) is 11.6. The van der Waals surface area contributed by atoms with Gasteiger partial charge >= 0.3 is 12.1 Å². The van der Waals surface area contributed by atoms with E-state index in [0.29, 0.717) is 12.0 Å². The van der Waals surface area contributed by atoms with Crippen LogP contribution in [0.25, 0.3) is 0 Å². The molecule has 1 aliphatic heterocycles. The molecule has 1 aromatic carbocycles. The van der Waals surface area contributed by atoms with Crippen LogP contribution in [0.1, 0.15) is 72.3 Å². The minimum Gasteiger partial charge on any atom is -0.464 e. The summed E-state index contributed by atoms with van der Waals surface area (Å²) in [5.41, 5.74) is -6.59. The molecular weight excluding hydrogens is 770 g/mol. The second-order valence-electron chi connectivity index (χ2n) is 16.5. The van der Waals surface area contributed by atoms with Crippen molar-refractivity contribution < 1.29 is 71.5 Å². The molecule has 1 amide bonds. The van der Waals surface area contributed by atoms with E-state index in [1.807, 2.05) is 0 Å². The van der Waals surface area contributed by atoms with Gasteiger partial charge in [0, 0.05) is 30.1 Å². The zero-order valence-corrected chi connectivity index (χ0v) is 32.8. The van der Waals surface area contributed by atoms with Crippen LogP contribution < -0.4 is 10.1 Å². The monoisotopic (exact) mass is 818 g/mol. The van der Waals surface area contributed by atoms with Crippen LogP contribution in [0.4, 0.5) is 13.6 Å². The quantitative estimate of drug-likeness (QED) is 0.0887. The number of esters is 1. The third-order valence-corrected chi connectivity index (χ3v) is 12.6. The number of nitrogens with one attached hydrogen (secondary N) is 1. The number of benzene rings is 1. The average Bonchev–Trinajstić information content (AvgIpc) is 3.55. The highest BCUT2D eigenvalue weighted by atomic mass is 19.1. The maximum Gasteiger partial charge on any atom is 0.514 e. The molecule has 2 N–H and O–H groups in total. The summed E-state index contributed by atoms with van der Waals surface area (Å²) in [6.45, 7) is 6.60. The number of alkyl halides is 2. The molecule has 4 aliphatic carbocycles. The van der Waals surface area contributed by atoms with Gasteiger partial charge in [0.15, 0.2) is 29.4 Å². The molecule has 1 aromatic rings. The molecule has 0 bridgehead atoms. The molecule has 6 rings (SSSR count). The lowest BCUT2D eigenvalue weighted by Gasteiger charge is -2.63. The molecule has 1 heterocycles. The molecule has 4 fully saturated rings. The van der Waals surface area contributed by atoms with Gasteiger partial charge in [0.05, 0.1) is 25.4 Å². The average molecular weight is 819 g/mol. The number of Topliss-reactive ketones (excluding diaryl/α,β-unsaturated/α-hetero) is 1. The molecule has 5 aliphatic rings. The van der Waals surface area contributed by atoms with E-state index in [9.17, 15) is 39.2 Å². The van der Waals surface area contributed by atoms with E-state index in [4.69, 9.17) is 23.7 Å². The van der Waals surface area contributed by atoms with Crippen LogP contribution in [0.15, 0.2) is 48.1 Å². The van der Waals surface area contributed by atoms with Crippen molar-refractivity contribution in [3.05, 3.63) is 63.7 Å². The number of nitrogens with zero attached hydrogens (tertiary/aromatic N) is 1. The summed E-state index contributed by atoms with van der Waals surface area (Å²) >= 11 is 0. The molecule has 0 radical (unpaired) electrons. The second kappa shape index (κ2) is 15.7. The van der Waals surface area contributed by atoms with Gasteiger partial charge in [-0.2, -0.15) is 0 Å². The Bertz CT molecular complexity index is 1900. The Morgan fingerprint density at radius 1 is 1.05 bits per heavy atom. The van der Waals surface area contributed by atoms with E-state index in [1.54, 1.807) is 20.8 Å². The molecule has 0 aromatic heterocycles. The van der Waals surface area contributed by atoms with Crippen LogP contribution in [-0.2, 0) is 49.4 Å². The lowest BCUT2D eigenvalue weighted by molar-refractivity contribution is -0.757. The molecule has 58 heavy (non-hydrogen) atoms. The fourth-order valence-corrected chi connectivity index (χ4v) is 10.1. The number of ether oxygens (including phenoxy) is 5. The zero-order valence-electron chi connectivity index (χ0n) is 32.8. The number of hydrogen-bond acceptors (Lipinski definition) is 14. The van der Waals surface area contributed by atoms with Crippen LogP contribution >= 0.6 is 0 Å². The first-order chi connectivity index (χ1) is 27.2. The number of allylic oxidation sites excluding steroid dienone is 4. The third-order valence-electron chi connectivity index (χ3n) is 12.6. The predicted molar refractivity (Wildman–Crippen MR) is 195 cm³/mol. The van der Waals surface area contributed by atoms with Gasteiger partial charge < -0.3 is 38.9 Å². The minimum atomic E-state index is -2.38. The van der Waals surface area contributed by atoms with Gasteiger partial charge in [-0.05, 0) is 94.2 Å². The first kappa shape index (κ1) is 42.8. The van der Waals surface area contributed by atoms with Gasteiger partial charge in [-0.25, -0.2) is 18.4 Å². The maximum absolute atomic E-state index is 17.7. The van der Waals surface area contributed by atoms with E-state index in [2.05, 4.69) is 10.2 Å². The van der Waals surface area contributed by atoms with Crippen LogP contribution in [-0.4, -0.2) is 101 Å². The number of carbonyl (C=O) groups is 5. The number of unbranched alkanes of at least 4 members (excludes halogenated alkanes) is 1. The Morgan fingerprint density at radius 2 is 1.74 bits per heavy atom. The van der Waals surface area contributed by atoms with Gasteiger partial charge in [-0.15, -0.1) is 10.1 Å². The number of aliphatic hydroxyl groups is 1. The number of halogens is 2. The Balaban J connectivity index is 1.11. The highest BCUT2D eigenvalue weighted by Gasteiger charge is 2.80. The van der Waals surface area contributed by atoms with Crippen molar-refractivity contribution in [3.63, 3.8) is 0 Å². The van der Waals surface area contributed by atoms with E-state index in [-0.39, 0.29) is 56.6 Å². The molecule has 1 saturated heterocycles. The number of rotatable bonds is 14.